The highest BCUT2D eigenvalue weighted by Crippen LogP contribution is 2.41. The molecule has 0 aromatic heterocycles. The second kappa shape index (κ2) is 11.8. The van der Waals surface area contributed by atoms with Gasteiger partial charge in [0.1, 0.15) is 5.92 Å². The molecule has 0 radical (unpaired) electrons. The average Bonchev–Trinajstić information content (AvgIpc) is 2.73. The monoisotopic (exact) mass is 463 g/mol. The second-order valence-corrected chi connectivity index (χ2v) is 8.57. The van der Waals surface area contributed by atoms with E-state index in [4.69, 9.17) is 15.2 Å². The van der Waals surface area contributed by atoms with Crippen LogP contribution < -0.4 is 5.73 Å². The maximum Gasteiger partial charge on any atom is 0.336 e. The van der Waals surface area contributed by atoms with E-state index < -0.39 is 28.7 Å². The predicted octanol–water partition coefficient (Wildman–Crippen LogP) is 3.23. The van der Waals surface area contributed by atoms with Crippen molar-refractivity contribution in [3.63, 3.8) is 0 Å². The van der Waals surface area contributed by atoms with Crippen molar-refractivity contribution in [2.24, 2.45) is 16.6 Å². The van der Waals surface area contributed by atoms with Crippen LogP contribution in [0.2, 0.25) is 0 Å². The zero-order valence-corrected chi connectivity index (χ0v) is 19.5. The first-order valence-corrected chi connectivity index (χ1v) is 11.5. The number of carbonyl (C=O) groups excluding carboxylic acids is 2. The minimum absolute atomic E-state index is 0.136. The van der Waals surface area contributed by atoms with Crippen LogP contribution in [0.3, 0.4) is 0 Å². The van der Waals surface area contributed by atoms with E-state index in [0.29, 0.717) is 35.0 Å². The number of nitrogens with zero attached hydrogens (tertiary/aromatic N) is 2. The van der Waals surface area contributed by atoms with Gasteiger partial charge in [-0.05, 0) is 33.3 Å². The number of hydrogen-bond donors (Lipinski definition) is 1. The minimum Gasteiger partial charge on any atom is -0.463 e. The van der Waals surface area contributed by atoms with Gasteiger partial charge in [-0.15, -0.1) is 0 Å². The Morgan fingerprint density at radius 2 is 2.06 bits per heavy atom. The summed E-state index contributed by atoms with van der Waals surface area (Å²) in [6.45, 7) is 7.45. The van der Waals surface area contributed by atoms with E-state index in [0.717, 1.165) is 0 Å². The Morgan fingerprint density at radius 1 is 1.34 bits per heavy atom. The summed E-state index contributed by atoms with van der Waals surface area (Å²) in [6, 6.07) is 5.93. The van der Waals surface area contributed by atoms with Gasteiger partial charge in [0.15, 0.2) is 0 Å². The molecule has 174 valence electrons. The average molecular weight is 464 g/mol. The van der Waals surface area contributed by atoms with Crippen LogP contribution in [0, 0.1) is 16.0 Å². The number of benzene rings is 1. The van der Waals surface area contributed by atoms with Crippen molar-refractivity contribution in [1.82, 2.24) is 0 Å². The number of aliphatic imine (C=N–C) groups is 1. The largest absolute Gasteiger partial charge is 0.463 e. The number of ether oxygens (including phenoxy) is 2. The van der Waals surface area contributed by atoms with E-state index in [2.05, 4.69) is 4.99 Å². The van der Waals surface area contributed by atoms with Gasteiger partial charge in [-0.2, -0.15) is 11.8 Å². The van der Waals surface area contributed by atoms with Gasteiger partial charge in [-0.1, -0.05) is 12.1 Å². The third kappa shape index (κ3) is 6.17. The Hall–Kier alpha value is -2.72. The van der Waals surface area contributed by atoms with Crippen LogP contribution in [0.5, 0.6) is 0 Å². The summed E-state index contributed by atoms with van der Waals surface area (Å²) in [4.78, 5) is 41.6. The standard InChI is InChI=1S/C22H29N3O6S/c1-5-30-21(26)20-17(12-32-10-9-23)24-14(4)18(22(27)31-13(2)3)19(20)15-7-6-8-16(11-15)25(28)29/h6-8,11,13,18-19H,5,9-10,12,23H2,1-4H3. The summed E-state index contributed by atoms with van der Waals surface area (Å²) >= 11 is 1.50. The summed E-state index contributed by atoms with van der Waals surface area (Å²) in [7, 11) is 0. The molecule has 0 fully saturated rings. The second-order valence-electron chi connectivity index (χ2n) is 7.47. The molecule has 0 saturated heterocycles. The molecule has 2 unspecified atom stereocenters. The number of rotatable bonds is 10. The van der Waals surface area contributed by atoms with Gasteiger partial charge in [0.05, 0.1) is 28.9 Å². The first-order valence-electron chi connectivity index (χ1n) is 10.4. The van der Waals surface area contributed by atoms with Crippen LogP contribution in [0.15, 0.2) is 40.5 Å². The van der Waals surface area contributed by atoms with Crippen LogP contribution in [0.1, 0.15) is 39.2 Å². The molecule has 1 aliphatic heterocycles. The fraction of sp³-hybridized carbons (Fsp3) is 0.500. The van der Waals surface area contributed by atoms with Crippen molar-refractivity contribution in [2.75, 3.05) is 24.7 Å². The first-order chi connectivity index (χ1) is 15.2. The number of nitrogens with two attached hydrogens (primary N) is 1. The van der Waals surface area contributed by atoms with Gasteiger partial charge < -0.3 is 15.2 Å². The lowest BCUT2D eigenvalue weighted by atomic mass is 9.75. The molecule has 1 aromatic rings. The van der Waals surface area contributed by atoms with Crippen molar-refractivity contribution in [3.05, 3.63) is 51.2 Å². The lowest BCUT2D eigenvalue weighted by molar-refractivity contribution is -0.384. The highest BCUT2D eigenvalue weighted by molar-refractivity contribution is 7.99. The smallest absolute Gasteiger partial charge is 0.336 e. The van der Waals surface area contributed by atoms with Crippen molar-refractivity contribution in [2.45, 2.75) is 39.7 Å². The van der Waals surface area contributed by atoms with Gasteiger partial charge in [-0.3, -0.25) is 19.9 Å². The van der Waals surface area contributed by atoms with Crippen LogP contribution in [-0.4, -0.2) is 53.3 Å². The molecule has 2 N–H and O–H groups in total. The van der Waals surface area contributed by atoms with Gasteiger partial charge in [-0.25, -0.2) is 4.79 Å². The molecule has 32 heavy (non-hydrogen) atoms. The van der Waals surface area contributed by atoms with E-state index in [1.54, 1.807) is 33.8 Å². The Morgan fingerprint density at radius 3 is 2.66 bits per heavy atom. The topological polar surface area (TPSA) is 134 Å². The summed E-state index contributed by atoms with van der Waals surface area (Å²) in [5.41, 5.74) is 7.07. The lowest BCUT2D eigenvalue weighted by Crippen LogP contribution is -2.38. The highest BCUT2D eigenvalue weighted by Gasteiger charge is 2.43. The van der Waals surface area contributed by atoms with Crippen molar-refractivity contribution in [1.29, 1.82) is 0 Å². The maximum atomic E-state index is 13.1. The fourth-order valence-corrected chi connectivity index (χ4v) is 4.27. The molecule has 9 nitrogen and oxygen atoms in total. The zero-order valence-electron chi connectivity index (χ0n) is 18.7. The molecule has 0 saturated carbocycles. The summed E-state index contributed by atoms with van der Waals surface area (Å²) in [5.74, 6) is -1.85. The lowest BCUT2D eigenvalue weighted by Gasteiger charge is -2.32. The number of nitro benzene ring substituents is 1. The van der Waals surface area contributed by atoms with Crippen LogP contribution in [-0.2, 0) is 19.1 Å². The van der Waals surface area contributed by atoms with Gasteiger partial charge in [0.25, 0.3) is 5.69 Å². The van der Waals surface area contributed by atoms with E-state index in [-0.39, 0.29) is 24.0 Å². The number of non-ortho nitro benzene ring substituents is 1. The first kappa shape index (κ1) is 25.5. The molecule has 1 heterocycles. The van der Waals surface area contributed by atoms with Crippen LogP contribution in [0.4, 0.5) is 5.69 Å². The molecule has 2 rings (SSSR count). The molecule has 2 atom stereocenters. The van der Waals surface area contributed by atoms with Crippen LogP contribution in [0.25, 0.3) is 0 Å². The van der Waals surface area contributed by atoms with Crippen molar-refractivity contribution < 1.29 is 24.0 Å². The molecule has 1 aliphatic rings. The van der Waals surface area contributed by atoms with Gasteiger partial charge in [0.2, 0.25) is 0 Å². The van der Waals surface area contributed by atoms with Crippen molar-refractivity contribution >= 4 is 35.1 Å². The SMILES string of the molecule is CCOC(=O)C1=C(CSCCN)N=C(C)C(C(=O)OC(C)C)C1c1cccc([N+](=O)[O-])c1. The van der Waals surface area contributed by atoms with E-state index in [1.807, 2.05) is 0 Å². The maximum absolute atomic E-state index is 13.1. The van der Waals surface area contributed by atoms with Gasteiger partial charge in [0, 0.05) is 41.8 Å². The molecule has 0 amide bonds. The molecule has 10 heteroatoms. The molecular weight excluding hydrogens is 434 g/mol. The number of nitro groups is 1. The number of thioether (sulfide) groups is 1. The summed E-state index contributed by atoms with van der Waals surface area (Å²) < 4.78 is 10.8. The minimum atomic E-state index is -0.915. The Bertz CT molecular complexity index is 928. The van der Waals surface area contributed by atoms with E-state index in [9.17, 15) is 19.7 Å². The number of hydrogen-bond acceptors (Lipinski definition) is 9. The third-order valence-electron chi connectivity index (χ3n) is 4.76. The molecular formula is C22H29N3O6S. The summed E-state index contributed by atoms with van der Waals surface area (Å²) in [5, 5.41) is 11.4. The van der Waals surface area contributed by atoms with Crippen LogP contribution >= 0.6 is 11.8 Å². The van der Waals surface area contributed by atoms with E-state index >= 15 is 0 Å². The number of carbonyl (C=O) groups is 2. The molecule has 0 aliphatic carbocycles. The molecule has 0 bridgehead atoms. The number of esters is 2. The van der Waals surface area contributed by atoms with Crippen molar-refractivity contribution in [3.8, 4) is 0 Å². The zero-order chi connectivity index (χ0) is 23.8. The molecule has 0 spiro atoms. The Balaban J connectivity index is 2.71. The van der Waals surface area contributed by atoms with Gasteiger partial charge >= 0.3 is 11.9 Å². The predicted molar refractivity (Wildman–Crippen MR) is 124 cm³/mol. The molecule has 1 aromatic carbocycles. The Kier molecular flexibility index (Phi) is 9.40. The quantitative estimate of drug-likeness (QED) is 0.242. The van der Waals surface area contributed by atoms with E-state index in [1.165, 1.54) is 30.0 Å². The third-order valence-corrected chi connectivity index (χ3v) is 5.76. The normalized spacial score (nSPS) is 18.4. The Labute approximate surface area is 191 Å². The highest BCUT2D eigenvalue weighted by atomic mass is 32.2. The fourth-order valence-electron chi connectivity index (χ4n) is 3.55. The summed E-state index contributed by atoms with van der Waals surface area (Å²) in [6.07, 6.45) is -0.377.